The number of hydrogen-bond acceptors (Lipinski definition) is 2. The van der Waals surface area contributed by atoms with Crippen molar-refractivity contribution < 1.29 is 9.90 Å². The molecule has 0 aliphatic rings. The molecule has 0 amide bonds. The third-order valence-corrected chi connectivity index (χ3v) is 2.34. The van der Waals surface area contributed by atoms with Crippen molar-refractivity contribution in [2.45, 2.75) is 6.92 Å². The fourth-order valence-corrected chi connectivity index (χ4v) is 1.59. The lowest BCUT2D eigenvalue weighted by atomic mass is 10.1. The lowest BCUT2D eigenvalue weighted by Gasteiger charge is -2.02. The summed E-state index contributed by atoms with van der Waals surface area (Å²) < 4.78 is 0. The van der Waals surface area contributed by atoms with Gasteiger partial charge in [-0.05, 0) is 36.8 Å². The van der Waals surface area contributed by atoms with Gasteiger partial charge in [0.2, 0.25) is 0 Å². The number of benzene rings is 1. The van der Waals surface area contributed by atoms with Gasteiger partial charge in [0.05, 0.1) is 5.52 Å². The van der Waals surface area contributed by atoms with E-state index >= 15 is 0 Å². The van der Waals surface area contributed by atoms with E-state index in [1.165, 1.54) is 0 Å². The normalized spacial score (nSPS) is 11.1. The second-order valence-corrected chi connectivity index (χ2v) is 3.59. The van der Waals surface area contributed by atoms with E-state index in [2.05, 4.69) is 4.98 Å². The first kappa shape index (κ1) is 10.4. The van der Waals surface area contributed by atoms with E-state index in [0.717, 1.165) is 28.1 Å². The summed E-state index contributed by atoms with van der Waals surface area (Å²) >= 11 is 0. The molecule has 1 N–H and O–H groups in total. The molecule has 0 saturated heterocycles. The predicted molar refractivity (Wildman–Crippen MR) is 63.1 cm³/mol. The second kappa shape index (κ2) is 4.14. The zero-order chi connectivity index (χ0) is 11.5. The van der Waals surface area contributed by atoms with Crippen molar-refractivity contribution in [1.29, 1.82) is 0 Å². The number of rotatable bonds is 2. The molecule has 2 rings (SSSR count). The average Bonchev–Trinajstić information content (AvgIpc) is 2.26. The number of carboxylic acids is 1. The van der Waals surface area contributed by atoms with Gasteiger partial charge in [0.25, 0.3) is 0 Å². The van der Waals surface area contributed by atoms with Crippen LogP contribution in [0.15, 0.2) is 36.5 Å². The van der Waals surface area contributed by atoms with E-state index in [0.29, 0.717) is 0 Å². The van der Waals surface area contributed by atoms with Crippen LogP contribution in [0, 0.1) is 6.92 Å². The molecule has 3 nitrogen and oxygen atoms in total. The number of fused-ring (bicyclic) bond motifs is 1. The smallest absolute Gasteiger partial charge is 0.328 e. The molecule has 0 bridgehead atoms. The third kappa shape index (κ3) is 2.08. The molecule has 1 aromatic heterocycles. The quantitative estimate of drug-likeness (QED) is 0.780. The molecule has 0 aliphatic carbocycles. The number of nitrogens with zero attached hydrogens (tertiary/aromatic N) is 1. The van der Waals surface area contributed by atoms with Gasteiger partial charge in [0, 0.05) is 17.7 Å². The Balaban J connectivity index is 2.60. The van der Waals surface area contributed by atoms with E-state index in [-0.39, 0.29) is 0 Å². The molecule has 0 aliphatic heterocycles. The molecule has 80 valence electrons. The van der Waals surface area contributed by atoms with Gasteiger partial charge in [-0.1, -0.05) is 11.6 Å². The van der Waals surface area contributed by atoms with Crippen molar-refractivity contribution in [1.82, 2.24) is 4.98 Å². The zero-order valence-corrected chi connectivity index (χ0v) is 8.84. The molecule has 0 atom stereocenters. The van der Waals surface area contributed by atoms with Gasteiger partial charge in [0.15, 0.2) is 0 Å². The van der Waals surface area contributed by atoms with E-state index in [9.17, 15) is 4.79 Å². The third-order valence-electron chi connectivity index (χ3n) is 2.34. The van der Waals surface area contributed by atoms with Crippen molar-refractivity contribution in [3.05, 3.63) is 47.7 Å². The Morgan fingerprint density at radius 2 is 2.19 bits per heavy atom. The van der Waals surface area contributed by atoms with Gasteiger partial charge in [-0.3, -0.25) is 4.98 Å². The molecule has 0 radical (unpaired) electrons. The van der Waals surface area contributed by atoms with Crippen LogP contribution < -0.4 is 0 Å². The maximum absolute atomic E-state index is 10.5. The standard InChI is InChI=1S/C13H11NO2/c1-9-2-4-12-11(8-9)10(6-7-14-12)3-5-13(15)16/h2-8H,1H3,(H,15,16)/b5-3+. The molecule has 16 heavy (non-hydrogen) atoms. The summed E-state index contributed by atoms with van der Waals surface area (Å²) in [6.07, 6.45) is 4.40. The van der Waals surface area contributed by atoms with Crippen LogP contribution in [0.2, 0.25) is 0 Å². The fourth-order valence-electron chi connectivity index (χ4n) is 1.59. The topological polar surface area (TPSA) is 50.2 Å². The number of hydrogen-bond donors (Lipinski definition) is 1. The minimum Gasteiger partial charge on any atom is -0.478 e. The average molecular weight is 213 g/mol. The monoisotopic (exact) mass is 213 g/mol. The van der Waals surface area contributed by atoms with Crippen LogP contribution in [0.1, 0.15) is 11.1 Å². The van der Waals surface area contributed by atoms with E-state index in [4.69, 9.17) is 5.11 Å². The minimum absolute atomic E-state index is 0.871. The van der Waals surface area contributed by atoms with Gasteiger partial charge >= 0.3 is 5.97 Å². The molecular formula is C13H11NO2. The lowest BCUT2D eigenvalue weighted by molar-refractivity contribution is -0.131. The number of pyridine rings is 1. The summed E-state index contributed by atoms with van der Waals surface area (Å²) in [4.78, 5) is 14.7. The Kier molecular flexibility index (Phi) is 2.68. The number of aryl methyl sites for hydroxylation is 1. The summed E-state index contributed by atoms with van der Waals surface area (Å²) in [5.41, 5.74) is 2.87. The second-order valence-electron chi connectivity index (χ2n) is 3.59. The molecule has 3 heteroatoms. The van der Waals surface area contributed by atoms with Gasteiger partial charge in [-0.2, -0.15) is 0 Å². The molecule has 0 fully saturated rings. The Hall–Kier alpha value is -2.16. The predicted octanol–water partition coefficient (Wildman–Crippen LogP) is 2.64. The molecule has 0 unspecified atom stereocenters. The highest BCUT2D eigenvalue weighted by Gasteiger charge is 1.99. The Labute approximate surface area is 93.1 Å². The summed E-state index contributed by atoms with van der Waals surface area (Å²) in [5, 5.41) is 9.57. The molecule has 0 saturated carbocycles. The molecule has 1 aromatic carbocycles. The molecular weight excluding hydrogens is 202 g/mol. The highest BCUT2D eigenvalue weighted by Crippen LogP contribution is 2.19. The van der Waals surface area contributed by atoms with Gasteiger partial charge in [-0.15, -0.1) is 0 Å². The number of aromatic nitrogens is 1. The highest BCUT2D eigenvalue weighted by atomic mass is 16.4. The van der Waals surface area contributed by atoms with Gasteiger partial charge < -0.3 is 5.11 Å². The first-order chi connectivity index (χ1) is 7.66. The Bertz CT molecular complexity index is 573. The van der Waals surface area contributed by atoms with Crippen LogP contribution in [0.3, 0.4) is 0 Å². The van der Waals surface area contributed by atoms with E-state index in [1.54, 1.807) is 18.3 Å². The molecule has 2 aromatic rings. The Morgan fingerprint density at radius 1 is 1.38 bits per heavy atom. The van der Waals surface area contributed by atoms with E-state index in [1.807, 2.05) is 25.1 Å². The molecule has 0 spiro atoms. The van der Waals surface area contributed by atoms with Crippen molar-refractivity contribution in [3.8, 4) is 0 Å². The number of aliphatic carboxylic acids is 1. The summed E-state index contributed by atoms with van der Waals surface area (Å²) in [6.45, 7) is 2.00. The van der Waals surface area contributed by atoms with Crippen molar-refractivity contribution in [2.24, 2.45) is 0 Å². The maximum Gasteiger partial charge on any atom is 0.328 e. The lowest BCUT2D eigenvalue weighted by Crippen LogP contribution is -1.87. The minimum atomic E-state index is -0.947. The fraction of sp³-hybridized carbons (Fsp3) is 0.0769. The first-order valence-electron chi connectivity index (χ1n) is 4.93. The highest BCUT2D eigenvalue weighted by molar-refractivity contribution is 5.92. The van der Waals surface area contributed by atoms with Crippen LogP contribution >= 0.6 is 0 Å². The largest absolute Gasteiger partial charge is 0.478 e. The zero-order valence-electron chi connectivity index (χ0n) is 8.84. The van der Waals surface area contributed by atoms with E-state index < -0.39 is 5.97 Å². The van der Waals surface area contributed by atoms with Crippen molar-refractivity contribution in [2.75, 3.05) is 0 Å². The Morgan fingerprint density at radius 3 is 2.94 bits per heavy atom. The van der Waals surface area contributed by atoms with Crippen LogP contribution in [-0.2, 0) is 4.79 Å². The summed E-state index contributed by atoms with van der Waals surface area (Å²) in [7, 11) is 0. The van der Waals surface area contributed by atoms with Crippen LogP contribution in [-0.4, -0.2) is 16.1 Å². The SMILES string of the molecule is Cc1ccc2nccc(/C=C/C(=O)O)c2c1. The number of carboxylic acid groups (broad SMARTS) is 1. The van der Waals surface area contributed by atoms with Crippen LogP contribution in [0.5, 0.6) is 0 Å². The van der Waals surface area contributed by atoms with Crippen molar-refractivity contribution >= 4 is 22.9 Å². The van der Waals surface area contributed by atoms with Crippen molar-refractivity contribution in [3.63, 3.8) is 0 Å². The first-order valence-corrected chi connectivity index (χ1v) is 4.93. The summed E-state index contributed by atoms with van der Waals surface area (Å²) in [6, 6.07) is 7.73. The van der Waals surface area contributed by atoms with Crippen LogP contribution in [0.4, 0.5) is 0 Å². The summed E-state index contributed by atoms with van der Waals surface area (Å²) in [5.74, 6) is -0.947. The molecule has 1 heterocycles. The maximum atomic E-state index is 10.5. The van der Waals surface area contributed by atoms with Gasteiger partial charge in [-0.25, -0.2) is 4.79 Å². The number of carbonyl (C=O) groups is 1. The van der Waals surface area contributed by atoms with Crippen LogP contribution in [0.25, 0.3) is 17.0 Å². The van der Waals surface area contributed by atoms with Gasteiger partial charge in [0.1, 0.15) is 0 Å².